The number of thiazole rings is 1. The number of aromatic nitrogens is 1. The lowest BCUT2D eigenvalue weighted by Gasteiger charge is -2.27. The number of nitrogens with two attached hydrogens (primary N) is 1. The first-order valence-electron chi connectivity index (χ1n) is 8.66. The monoisotopic (exact) mass is 363 g/mol. The van der Waals surface area contributed by atoms with Crippen LogP contribution in [-0.4, -0.2) is 16.9 Å². The zero-order chi connectivity index (χ0) is 15.6. The largest absolute Gasteiger partial charge is 0.327 e. The SMILES string of the molecule is Cl.NC1C2CCC(C2)C1C(=O)Nc1ccc2nc(C3CC3)sc2c1. The molecule has 128 valence electrons. The Kier molecular flexibility index (Phi) is 4.06. The Balaban J connectivity index is 0.00000146. The Morgan fingerprint density at radius 3 is 2.71 bits per heavy atom. The molecule has 4 atom stereocenters. The fourth-order valence-corrected chi connectivity index (χ4v) is 5.65. The van der Waals surface area contributed by atoms with E-state index in [2.05, 4.69) is 11.4 Å². The Morgan fingerprint density at radius 2 is 2.00 bits per heavy atom. The topological polar surface area (TPSA) is 68.0 Å². The number of rotatable bonds is 3. The van der Waals surface area contributed by atoms with Crippen LogP contribution < -0.4 is 11.1 Å². The van der Waals surface area contributed by atoms with E-state index in [1.165, 1.54) is 29.0 Å². The van der Waals surface area contributed by atoms with Crippen molar-refractivity contribution < 1.29 is 4.79 Å². The summed E-state index contributed by atoms with van der Waals surface area (Å²) in [4.78, 5) is 17.4. The average molecular weight is 364 g/mol. The van der Waals surface area contributed by atoms with Gasteiger partial charge in [-0.1, -0.05) is 0 Å². The number of halogens is 1. The van der Waals surface area contributed by atoms with Gasteiger partial charge in [-0.3, -0.25) is 4.79 Å². The van der Waals surface area contributed by atoms with Crippen molar-refractivity contribution in [3.63, 3.8) is 0 Å². The molecule has 2 aromatic rings. The first-order chi connectivity index (χ1) is 11.2. The van der Waals surface area contributed by atoms with Gasteiger partial charge in [0.05, 0.1) is 21.1 Å². The number of hydrogen-bond acceptors (Lipinski definition) is 4. The molecular formula is C18H22ClN3OS. The van der Waals surface area contributed by atoms with Crippen molar-refractivity contribution in [1.29, 1.82) is 0 Å². The first-order valence-corrected chi connectivity index (χ1v) is 9.47. The van der Waals surface area contributed by atoms with Crippen LogP contribution in [0, 0.1) is 17.8 Å². The molecule has 4 unspecified atom stereocenters. The van der Waals surface area contributed by atoms with Gasteiger partial charge in [0.25, 0.3) is 0 Å². The summed E-state index contributed by atoms with van der Waals surface area (Å²) in [6.45, 7) is 0. The molecule has 3 aliphatic rings. The number of fused-ring (bicyclic) bond motifs is 3. The van der Waals surface area contributed by atoms with Crippen LogP contribution in [0.2, 0.25) is 0 Å². The second-order valence-corrected chi connectivity index (χ2v) is 8.50. The molecule has 2 bridgehead atoms. The van der Waals surface area contributed by atoms with Crippen LogP contribution in [0.4, 0.5) is 5.69 Å². The number of nitrogens with one attached hydrogen (secondary N) is 1. The van der Waals surface area contributed by atoms with E-state index in [0.29, 0.717) is 17.8 Å². The summed E-state index contributed by atoms with van der Waals surface area (Å²) in [5.74, 6) is 1.82. The summed E-state index contributed by atoms with van der Waals surface area (Å²) in [6.07, 6.45) is 6.04. The van der Waals surface area contributed by atoms with Crippen molar-refractivity contribution in [3.8, 4) is 0 Å². The number of amides is 1. The van der Waals surface area contributed by atoms with Crippen molar-refractivity contribution in [2.75, 3.05) is 5.32 Å². The quantitative estimate of drug-likeness (QED) is 0.868. The minimum Gasteiger partial charge on any atom is -0.327 e. The van der Waals surface area contributed by atoms with Crippen molar-refractivity contribution in [3.05, 3.63) is 23.2 Å². The first kappa shape index (κ1) is 16.3. The van der Waals surface area contributed by atoms with Crippen molar-refractivity contribution in [1.82, 2.24) is 4.98 Å². The molecule has 3 saturated carbocycles. The summed E-state index contributed by atoms with van der Waals surface area (Å²) < 4.78 is 1.17. The molecule has 1 aromatic carbocycles. The molecule has 3 fully saturated rings. The highest BCUT2D eigenvalue weighted by molar-refractivity contribution is 7.18. The van der Waals surface area contributed by atoms with E-state index in [1.54, 1.807) is 11.3 Å². The minimum atomic E-state index is -0.00654. The van der Waals surface area contributed by atoms with E-state index in [4.69, 9.17) is 10.7 Å². The predicted molar refractivity (Wildman–Crippen MR) is 99.8 cm³/mol. The molecule has 0 radical (unpaired) electrons. The van der Waals surface area contributed by atoms with Crippen LogP contribution in [0.25, 0.3) is 10.2 Å². The molecule has 24 heavy (non-hydrogen) atoms. The van der Waals surface area contributed by atoms with E-state index >= 15 is 0 Å². The van der Waals surface area contributed by atoms with E-state index < -0.39 is 0 Å². The van der Waals surface area contributed by atoms with Gasteiger partial charge in [0.1, 0.15) is 0 Å². The maximum Gasteiger partial charge on any atom is 0.229 e. The zero-order valence-corrected chi connectivity index (χ0v) is 15.0. The highest BCUT2D eigenvalue weighted by Gasteiger charge is 2.49. The molecule has 4 nitrogen and oxygen atoms in total. The van der Waals surface area contributed by atoms with E-state index in [9.17, 15) is 4.79 Å². The predicted octanol–water partition coefficient (Wildman–Crippen LogP) is 3.91. The fourth-order valence-electron chi connectivity index (χ4n) is 4.48. The summed E-state index contributed by atoms with van der Waals surface area (Å²) in [5.41, 5.74) is 8.21. The lowest BCUT2D eigenvalue weighted by atomic mass is 9.84. The number of hydrogen-bond donors (Lipinski definition) is 2. The normalized spacial score (nSPS) is 31.2. The molecule has 5 rings (SSSR count). The van der Waals surface area contributed by atoms with Crippen LogP contribution in [0.5, 0.6) is 0 Å². The van der Waals surface area contributed by atoms with Crippen LogP contribution in [0.1, 0.15) is 43.0 Å². The van der Waals surface area contributed by atoms with Gasteiger partial charge in [0, 0.05) is 17.6 Å². The molecule has 1 amide bonds. The lowest BCUT2D eigenvalue weighted by molar-refractivity contribution is -0.121. The van der Waals surface area contributed by atoms with E-state index in [0.717, 1.165) is 24.0 Å². The average Bonchev–Trinajstić information content (AvgIpc) is 3.01. The Morgan fingerprint density at radius 1 is 1.21 bits per heavy atom. The molecule has 3 aliphatic carbocycles. The van der Waals surface area contributed by atoms with Crippen LogP contribution in [-0.2, 0) is 4.79 Å². The number of nitrogens with zero attached hydrogens (tertiary/aromatic N) is 1. The highest BCUT2D eigenvalue weighted by atomic mass is 35.5. The number of carbonyl (C=O) groups is 1. The summed E-state index contributed by atoms with van der Waals surface area (Å²) in [6, 6.07) is 6.10. The maximum absolute atomic E-state index is 12.7. The van der Waals surface area contributed by atoms with Crippen LogP contribution >= 0.6 is 23.7 Å². The summed E-state index contributed by atoms with van der Waals surface area (Å²) in [5, 5.41) is 4.35. The molecular weight excluding hydrogens is 342 g/mol. The van der Waals surface area contributed by atoms with Gasteiger partial charge >= 0.3 is 0 Å². The number of benzene rings is 1. The Hall–Kier alpha value is -1.17. The molecule has 0 saturated heterocycles. The zero-order valence-electron chi connectivity index (χ0n) is 13.4. The maximum atomic E-state index is 12.7. The third-order valence-electron chi connectivity index (χ3n) is 5.88. The molecule has 0 aliphatic heterocycles. The molecule has 6 heteroatoms. The van der Waals surface area contributed by atoms with Crippen molar-refractivity contribution in [2.24, 2.45) is 23.5 Å². The molecule has 0 spiro atoms. The molecule has 3 N–H and O–H groups in total. The van der Waals surface area contributed by atoms with Gasteiger partial charge in [-0.25, -0.2) is 4.98 Å². The third kappa shape index (κ3) is 2.63. The smallest absolute Gasteiger partial charge is 0.229 e. The van der Waals surface area contributed by atoms with Crippen LogP contribution in [0.15, 0.2) is 18.2 Å². The third-order valence-corrected chi connectivity index (χ3v) is 7.06. The molecule has 1 heterocycles. The van der Waals surface area contributed by atoms with Crippen molar-refractivity contribution >= 4 is 45.6 Å². The van der Waals surface area contributed by atoms with Gasteiger partial charge in [0.2, 0.25) is 5.91 Å². The standard InChI is InChI=1S/C18H21N3OS.ClH/c19-16-11-4-3-10(7-11)15(16)17(22)20-12-5-6-13-14(8-12)23-18(21-13)9-1-2-9;/h5-6,8-11,15-16H,1-4,7,19H2,(H,20,22);1H. The highest BCUT2D eigenvalue weighted by Crippen LogP contribution is 2.48. The Bertz CT molecular complexity index is 786. The number of anilines is 1. The van der Waals surface area contributed by atoms with Crippen LogP contribution in [0.3, 0.4) is 0 Å². The van der Waals surface area contributed by atoms with Gasteiger partial charge in [0.15, 0.2) is 0 Å². The van der Waals surface area contributed by atoms with Gasteiger partial charge in [-0.15, -0.1) is 23.7 Å². The fraction of sp³-hybridized carbons (Fsp3) is 0.556. The van der Waals surface area contributed by atoms with Crippen molar-refractivity contribution in [2.45, 2.75) is 44.1 Å². The number of carbonyl (C=O) groups excluding carboxylic acids is 1. The molecule has 1 aromatic heterocycles. The lowest BCUT2D eigenvalue weighted by Crippen LogP contribution is -2.42. The summed E-state index contributed by atoms with van der Waals surface area (Å²) in [7, 11) is 0. The minimum absolute atomic E-state index is 0. The second-order valence-electron chi connectivity index (χ2n) is 7.43. The summed E-state index contributed by atoms with van der Waals surface area (Å²) >= 11 is 1.77. The van der Waals surface area contributed by atoms with E-state index in [-0.39, 0.29) is 30.3 Å². The van der Waals surface area contributed by atoms with Gasteiger partial charge in [-0.2, -0.15) is 0 Å². The van der Waals surface area contributed by atoms with E-state index in [1.807, 2.05) is 12.1 Å². The second kappa shape index (κ2) is 5.97. The van der Waals surface area contributed by atoms with Gasteiger partial charge < -0.3 is 11.1 Å². The Labute approximate surface area is 151 Å². The van der Waals surface area contributed by atoms with Gasteiger partial charge in [-0.05, 0) is 62.1 Å².